The van der Waals surface area contributed by atoms with E-state index in [0.717, 1.165) is 50.0 Å². The van der Waals surface area contributed by atoms with E-state index < -0.39 is 0 Å². The number of aromatic nitrogens is 2. The number of nitrogens with one attached hydrogen (secondary N) is 1. The van der Waals surface area contributed by atoms with E-state index in [-0.39, 0.29) is 24.0 Å². The van der Waals surface area contributed by atoms with Gasteiger partial charge in [0, 0.05) is 58.5 Å². The SMILES string of the molecule is CN=C(NCCc1cn2ccccc2n1)N1CCC(COC)C1.I. The number of nitrogens with zero attached hydrogens (tertiary/aromatic N) is 4. The van der Waals surface area contributed by atoms with Crippen molar-refractivity contribution in [1.82, 2.24) is 19.6 Å². The van der Waals surface area contributed by atoms with Gasteiger partial charge < -0.3 is 19.4 Å². The molecule has 0 aromatic carbocycles. The largest absolute Gasteiger partial charge is 0.384 e. The summed E-state index contributed by atoms with van der Waals surface area (Å²) in [6, 6.07) is 6.05. The topological polar surface area (TPSA) is 54.2 Å². The van der Waals surface area contributed by atoms with Crippen molar-refractivity contribution in [1.29, 1.82) is 0 Å². The van der Waals surface area contributed by atoms with E-state index in [0.29, 0.717) is 5.92 Å². The average molecular weight is 443 g/mol. The number of likely N-dealkylation sites (tertiary alicyclic amines) is 1. The first kappa shape index (κ1) is 19.0. The Labute approximate surface area is 160 Å². The van der Waals surface area contributed by atoms with Gasteiger partial charge in [-0.2, -0.15) is 0 Å². The average Bonchev–Trinajstić information content (AvgIpc) is 3.18. The highest BCUT2D eigenvalue weighted by atomic mass is 127. The van der Waals surface area contributed by atoms with Gasteiger partial charge in [-0.05, 0) is 18.6 Å². The minimum Gasteiger partial charge on any atom is -0.384 e. The Morgan fingerprint density at radius 1 is 1.46 bits per heavy atom. The fourth-order valence-corrected chi connectivity index (χ4v) is 3.14. The third kappa shape index (κ3) is 4.60. The Hall–Kier alpha value is -1.35. The number of pyridine rings is 1. The van der Waals surface area contributed by atoms with Crippen molar-refractivity contribution in [3.05, 3.63) is 36.3 Å². The van der Waals surface area contributed by atoms with E-state index in [1.54, 1.807) is 7.11 Å². The van der Waals surface area contributed by atoms with Crippen LogP contribution in [0.4, 0.5) is 0 Å². The summed E-state index contributed by atoms with van der Waals surface area (Å²) in [6.45, 7) is 3.72. The standard InChI is InChI=1S/C17H25N5O.HI/c1-18-17(22-10-7-14(11-22)13-23-2)19-8-6-15-12-21-9-4-3-5-16(21)20-15;/h3-5,9,12,14H,6-8,10-11,13H2,1-2H3,(H,18,19);1H. The van der Waals surface area contributed by atoms with Gasteiger partial charge in [-0.15, -0.1) is 24.0 Å². The molecule has 2 aromatic heterocycles. The third-order valence-corrected chi connectivity index (χ3v) is 4.28. The van der Waals surface area contributed by atoms with E-state index in [2.05, 4.69) is 30.8 Å². The number of fused-ring (bicyclic) bond motifs is 1. The second-order valence-electron chi connectivity index (χ2n) is 5.98. The Morgan fingerprint density at radius 2 is 2.33 bits per heavy atom. The monoisotopic (exact) mass is 443 g/mol. The van der Waals surface area contributed by atoms with Crippen LogP contribution < -0.4 is 5.32 Å². The Balaban J connectivity index is 0.00000208. The molecule has 0 amide bonds. The van der Waals surface area contributed by atoms with Crippen molar-refractivity contribution >= 4 is 35.6 Å². The third-order valence-electron chi connectivity index (χ3n) is 4.28. The van der Waals surface area contributed by atoms with Gasteiger partial charge in [0.25, 0.3) is 0 Å². The van der Waals surface area contributed by atoms with Crippen molar-refractivity contribution in [3.8, 4) is 0 Å². The van der Waals surface area contributed by atoms with Crippen LogP contribution in [0.15, 0.2) is 35.6 Å². The minimum absolute atomic E-state index is 0. The van der Waals surface area contributed by atoms with Gasteiger partial charge in [0.2, 0.25) is 0 Å². The smallest absolute Gasteiger partial charge is 0.193 e. The molecule has 24 heavy (non-hydrogen) atoms. The maximum absolute atomic E-state index is 5.26. The van der Waals surface area contributed by atoms with Gasteiger partial charge in [0.1, 0.15) is 5.65 Å². The van der Waals surface area contributed by atoms with E-state index in [4.69, 9.17) is 4.74 Å². The van der Waals surface area contributed by atoms with Crippen molar-refractivity contribution in [2.24, 2.45) is 10.9 Å². The molecule has 1 atom stereocenters. The summed E-state index contributed by atoms with van der Waals surface area (Å²) < 4.78 is 7.31. The van der Waals surface area contributed by atoms with E-state index in [1.165, 1.54) is 6.42 Å². The van der Waals surface area contributed by atoms with Crippen LogP contribution in [0.2, 0.25) is 0 Å². The molecule has 1 unspecified atom stereocenters. The van der Waals surface area contributed by atoms with Crippen LogP contribution in [0.3, 0.4) is 0 Å². The minimum atomic E-state index is 0. The quantitative estimate of drug-likeness (QED) is 0.437. The summed E-state index contributed by atoms with van der Waals surface area (Å²) in [4.78, 5) is 11.3. The molecule has 7 heteroatoms. The lowest BCUT2D eigenvalue weighted by atomic mass is 10.1. The second-order valence-corrected chi connectivity index (χ2v) is 5.98. The molecule has 1 N–H and O–H groups in total. The van der Waals surface area contributed by atoms with Gasteiger partial charge >= 0.3 is 0 Å². The van der Waals surface area contributed by atoms with Crippen molar-refractivity contribution in [2.45, 2.75) is 12.8 Å². The number of halogens is 1. The molecule has 3 heterocycles. The zero-order valence-corrected chi connectivity index (χ0v) is 16.6. The summed E-state index contributed by atoms with van der Waals surface area (Å²) in [5, 5.41) is 3.45. The molecule has 1 fully saturated rings. The fraction of sp³-hybridized carbons (Fsp3) is 0.529. The lowest BCUT2D eigenvalue weighted by Crippen LogP contribution is -2.41. The van der Waals surface area contributed by atoms with E-state index >= 15 is 0 Å². The van der Waals surface area contributed by atoms with Crippen LogP contribution in [-0.4, -0.2) is 60.6 Å². The number of aliphatic imine (C=N–C) groups is 1. The molecule has 1 saturated heterocycles. The Kier molecular flexibility index (Phi) is 7.29. The van der Waals surface area contributed by atoms with Crippen LogP contribution >= 0.6 is 24.0 Å². The van der Waals surface area contributed by atoms with Gasteiger partial charge in [-0.3, -0.25) is 4.99 Å². The van der Waals surface area contributed by atoms with Crippen LogP contribution in [0.5, 0.6) is 0 Å². The van der Waals surface area contributed by atoms with Crippen LogP contribution in [-0.2, 0) is 11.2 Å². The summed E-state index contributed by atoms with van der Waals surface area (Å²) in [6.07, 6.45) is 6.17. The molecule has 2 aromatic rings. The molecule has 1 aliphatic heterocycles. The zero-order chi connectivity index (χ0) is 16.1. The molecular weight excluding hydrogens is 417 g/mol. The fourth-order valence-electron chi connectivity index (χ4n) is 3.14. The molecule has 0 radical (unpaired) electrons. The summed E-state index contributed by atoms with van der Waals surface area (Å²) in [5.41, 5.74) is 2.09. The van der Waals surface area contributed by atoms with Gasteiger partial charge in [-0.25, -0.2) is 4.98 Å². The molecule has 132 valence electrons. The first-order valence-electron chi connectivity index (χ1n) is 8.17. The first-order valence-corrected chi connectivity index (χ1v) is 8.17. The summed E-state index contributed by atoms with van der Waals surface area (Å²) in [7, 11) is 3.61. The first-order chi connectivity index (χ1) is 11.3. The zero-order valence-electron chi connectivity index (χ0n) is 14.3. The number of guanidine groups is 1. The molecule has 0 aliphatic carbocycles. The molecule has 0 bridgehead atoms. The highest BCUT2D eigenvalue weighted by Gasteiger charge is 2.24. The number of imidazole rings is 1. The van der Waals surface area contributed by atoms with Crippen LogP contribution in [0.25, 0.3) is 5.65 Å². The normalized spacial score (nSPS) is 18.0. The van der Waals surface area contributed by atoms with E-state index in [1.807, 2.05) is 31.4 Å². The van der Waals surface area contributed by atoms with Gasteiger partial charge in [0.15, 0.2) is 5.96 Å². The Bertz CT molecular complexity index is 639. The van der Waals surface area contributed by atoms with Crippen LogP contribution in [0.1, 0.15) is 12.1 Å². The number of hydrogen-bond donors (Lipinski definition) is 1. The van der Waals surface area contributed by atoms with Crippen molar-refractivity contribution in [2.75, 3.05) is 40.4 Å². The Morgan fingerprint density at radius 3 is 3.08 bits per heavy atom. The molecular formula is C17H26IN5O. The second kappa shape index (κ2) is 9.22. The lowest BCUT2D eigenvalue weighted by Gasteiger charge is -2.21. The molecule has 6 nitrogen and oxygen atoms in total. The van der Waals surface area contributed by atoms with Crippen LogP contribution in [0, 0.1) is 5.92 Å². The van der Waals surface area contributed by atoms with E-state index in [9.17, 15) is 0 Å². The lowest BCUT2D eigenvalue weighted by molar-refractivity contribution is 0.157. The van der Waals surface area contributed by atoms with Crippen molar-refractivity contribution in [3.63, 3.8) is 0 Å². The van der Waals surface area contributed by atoms with Gasteiger partial charge in [0.05, 0.1) is 12.3 Å². The maximum atomic E-state index is 5.26. The number of ether oxygens (including phenoxy) is 1. The molecule has 0 spiro atoms. The number of hydrogen-bond acceptors (Lipinski definition) is 3. The molecule has 1 aliphatic rings. The predicted octanol–water partition coefficient (Wildman–Crippen LogP) is 2.04. The summed E-state index contributed by atoms with van der Waals surface area (Å²) >= 11 is 0. The number of rotatable bonds is 5. The highest BCUT2D eigenvalue weighted by Crippen LogP contribution is 2.16. The van der Waals surface area contributed by atoms with Crippen molar-refractivity contribution < 1.29 is 4.74 Å². The van der Waals surface area contributed by atoms with Gasteiger partial charge in [-0.1, -0.05) is 6.07 Å². The molecule has 3 rings (SSSR count). The molecule has 0 saturated carbocycles. The predicted molar refractivity (Wildman–Crippen MR) is 107 cm³/mol. The highest BCUT2D eigenvalue weighted by molar-refractivity contribution is 14.0. The maximum Gasteiger partial charge on any atom is 0.193 e. The number of methoxy groups -OCH3 is 1. The summed E-state index contributed by atoms with van der Waals surface area (Å²) in [5.74, 6) is 1.59.